The number of carbonyl (C=O) groups excluding carboxylic acids is 1. The van der Waals surface area contributed by atoms with Crippen LogP contribution in [0.2, 0.25) is 0 Å². The zero-order valence-electron chi connectivity index (χ0n) is 14.9. The van der Waals surface area contributed by atoms with Gasteiger partial charge in [0.05, 0.1) is 24.8 Å². The van der Waals surface area contributed by atoms with Crippen molar-refractivity contribution in [2.75, 3.05) is 6.61 Å². The van der Waals surface area contributed by atoms with Crippen LogP contribution in [0.1, 0.15) is 31.1 Å². The van der Waals surface area contributed by atoms with E-state index in [1.165, 1.54) is 0 Å². The van der Waals surface area contributed by atoms with Gasteiger partial charge in [-0.25, -0.2) is 4.98 Å². The van der Waals surface area contributed by atoms with Gasteiger partial charge in [0.2, 0.25) is 5.91 Å². The smallest absolute Gasteiger partial charge is 0.226 e. The molecule has 0 bridgehead atoms. The first-order chi connectivity index (χ1) is 12.7. The topological polar surface area (TPSA) is 51.2 Å². The van der Waals surface area contributed by atoms with Crippen LogP contribution < -0.4 is 10.1 Å². The molecule has 0 aliphatic rings. The fraction of sp³-hybridized carbons (Fsp3) is 0.238. The second-order valence-electron chi connectivity index (χ2n) is 5.98. The minimum atomic E-state index is -0.0232. The van der Waals surface area contributed by atoms with Crippen molar-refractivity contribution < 1.29 is 9.53 Å². The Bertz CT molecular complexity index is 844. The molecule has 5 heteroatoms. The number of hydrogen-bond acceptors (Lipinski definition) is 4. The van der Waals surface area contributed by atoms with Crippen LogP contribution in [0, 0.1) is 0 Å². The van der Waals surface area contributed by atoms with Crippen LogP contribution in [0.4, 0.5) is 0 Å². The molecule has 1 N–H and O–H groups in total. The first-order valence-corrected chi connectivity index (χ1v) is 9.55. The van der Waals surface area contributed by atoms with E-state index < -0.39 is 0 Å². The SMILES string of the molecule is CCOc1ccc(-c2nc(CC(=O)NC(C)c3ccccc3)cs2)cc1. The molecule has 0 aliphatic carbocycles. The standard InChI is InChI=1S/C21H22N2O2S/c1-3-25-19-11-9-17(10-12-19)21-23-18(14-26-21)13-20(24)22-15(2)16-7-5-4-6-8-16/h4-12,14-15H,3,13H2,1-2H3,(H,22,24). The molecule has 2 aromatic carbocycles. The average Bonchev–Trinajstić information content (AvgIpc) is 3.11. The van der Waals surface area contributed by atoms with Crippen LogP contribution in [0.15, 0.2) is 60.0 Å². The molecule has 26 heavy (non-hydrogen) atoms. The molecule has 1 amide bonds. The number of nitrogens with zero attached hydrogens (tertiary/aromatic N) is 1. The number of carbonyl (C=O) groups is 1. The first kappa shape index (κ1) is 18.1. The Morgan fingerprint density at radius 1 is 1.15 bits per heavy atom. The normalized spacial score (nSPS) is 11.8. The van der Waals surface area contributed by atoms with Crippen LogP contribution in [0.5, 0.6) is 5.75 Å². The van der Waals surface area contributed by atoms with E-state index in [0.29, 0.717) is 6.61 Å². The maximum atomic E-state index is 12.3. The van der Waals surface area contributed by atoms with Crippen molar-refractivity contribution in [2.24, 2.45) is 0 Å². The number of ether oxygens (including phenoxy) is 1. The fourth-order valence-corrected chi connectivity index (χ4v) is 3.49. The molecule has 0 aliphatic heterocycles. The molecule has 0 spiro atoms. The summed E-state index contributed by atoms with van der Waals surface area (Å²) < 4.78 is 5.46. The molecule has 1 aromatic heterocycles. The number of aromatic nitrogens is 1. The van der Waals surface area contributed by atoms with E-state index in [4.69, 9.17) is 4.74 Å². The highest BCUT2D eigenvalue weighted by atomic mass is 32.1. The molecule has 0 saturated heterocycles. The van der Waals surface area contributed by atoms with Crippen LogP contribution in [-0.2, 0) is 11.2 Å². The molecular weight excluding hydrogens is 344 g/mol. The average molecular weight is 366 g/mol. The Labute approximate surface area is 157 Å². The van der Waals surface area contributed by atoms with Crippen molar-refractivity contribution in [1.29, 1.82) is 0 Å². The summed E-state index contributed by atoms with van der Waals surface area (Å²) in [5.74, 6) is 0.826. The highest BCUT2D eigenvalue weighted by Crippen LogP contribution is 2.26. The lowest BCUT2D eigenvalue weighted by Gasteiger charge is -2.13. The lowest BCUT2D eigenvalue weighted by atomic mass is 10.1. The van der Waals surface area contributed by atoms with Gasteiger partial charge in [-0.3, -0.25) is 4.79 Å². The maximum Gasteiger partial charge on any atom is 0.226 e. The van der Waals surface area contributed by atoms with Crippen molar-refractivity contribution in [2.45, 2.75) is 26.3 Å². The highest BCUT2D eigenvalue weighted by Gasteiger charge is 2.12. The number of hydrogen-bond donors (Lipinski definition) is 1. The minimum Gasteiger partial charge on any atom is -0.494 e. The highest BCUT2D eigenvalue weighted by molar-refractivity contribution is 7.13. The van der Waals surface area contributed by atoms with Gasteiger partial charge < -0.3 is 10.1 Å². The van der Waals surface area contributed by atoms with Crippen molar-refractivity contribution in [1.82, 2.24) is 10.3 Å². The molecule has 3 rings (SSSR count). The summed E-state index contributed by atoms with van der Waals surface area (Å²) in [4.78, 5) is 16.9. The van der Waals surface area contributed by atoms with Crippen molar-refractivity contribution >= 4 is 17.2 Å². The van der Waals surface area contributed by atoms with Gasteiger partial charge in [-0.1, -0.05) is 30.3 Å². The van der Waals surface area contributed by atoms with E-state index in [9.17, 15) is 4.79 Å². The minimum absolute atomic E-state index is 0.0204. The lowest BCUT2D eigenvalue weighted by molar-refractivity contribution is -0.121. The van der Waals surface area contributed by atoms with Crippen molar-refractivity contribution in [3.05, 3.63) is 71.2 Å². The monoisotopic (exact) mass is 366 g/mol. The molecule has 1 atom stereocenters. The fourth-order valence-electron chi connectivity index (χ4n) is 2.66. The third-order valence-corrected chi connectivity index (χ3v) is 4.92. The summed E-state index contributed by atoms with van der Waals surface area (Å²) in [5.41, 5.74) is 2.91. The molecule has 1 heterocycles. The number of benzene rings is 2. The summed E-state index contributed by atoms with van der Waals surface area (Å²) >= 11 is 1.55. The van der Waals surface area contributed by atoms with E-state index >= 15 is 0 Å². The molecule has 0 saturated carbocycles. The third kappa shape index (κ3) is 4.70. The predicted octanol–water partition coefficient (Wildman–Crippen LogP) is 4.63. The molecule has 134 valence electrons. The van der Waals surface area contributed by atoms with E-state index in [1.54, 1.807) is 11.3 Å². The van der Waals surface area contributed by atoms with E-state index in [0.717, 1.165) is 27.6 Å². The van der Waals surface area contributed by atoms with E-state index in [2.05, 4.69) is 10.3 Å². The van der Waals surface area contributed by atoms with Crippen LogP contribution >= 0.6 is 11.3 Å². The third-order valence-electron chi connectivity index (χ3n) is 3.98. The summed E-state index contributed by atoms with van der Waals surface area (Å²) in [7, 11) is 0. The number of thiazole rings is 1. The maximum absolute atomic E-state index is 12.3. The molecule has 0 fully saturated rings. The van der Waals surface area contributed by atoms with Crippen molar-refractivity contribution in [3.8, 4) is 16.3 Å². The number of amides is 1. The summed E-state index contributed by atoms with van der Waals surface area (Å²) in [6, 6.07) is 17.8. The zero-order chi connectivity index (χ0) is 18.4. The van der Waals surface area contributed by atoms with Gasteiger partial charge in [0.25, 0.3) is 0 Å². The van der Waals surface area contributed by atoms with Gasteiger partial charge in [-0.05, 0) is 43.7 Å². The van der Waals surface area contributed by atoms with Crippen LogP contribution in [0.3, 0.4) is 0 Å². The Morgan fingerprint density at radius 2 is 1.88 bits per heavy atom. The van der Waals surface area contributed by atoms with Gasteiger partial charge in [-0.2, -0.15) is 0 Å². The molecule has 0 radical (unpaired) electrons. The Hall–Kier alpha value is -2.66. The zero-order valence-corrected chi connectivity index (χ0v) is 15.8. The molecule has 1 unspecified atom stereocenters. The molecule has 3 aromatic rings. The second-order valence-corrected chi connectivity index (χ2v) is 6.84. The Morgan fingerprint density at radius 3 is 2.58 bits per heavy atom. The van der Waals surface area contributed by atoms with Crippen LogP contribution in [-0.4, -0.2) is 17.5 Å². The van der Waals surface area contributed by atoms with Gasteiger partial charge in [0.1, 0.15) is 10.8 Å². The summed E-state index contributed by atoms with van der Waals surface area (Å²) in [6.45, 7) is 4.60. The van der Waals surface area contributed by atoms with Crippen LogP contribution in [0.25, 0.3) is 10.6 Å². The number of rotatable bonds is 7. The first-order valence-electron chi connectivity index (χ1n) is 8.67. The second kappa shape index (κ2) is 8.63. The molecule has 4 nitrogen and oxygen atoms in total. The van der Waals surface area contributed by atoms with Gasteiger partial charge in [-0.15, -0.1) is 11.3 Å². The summed E-state index contributed by atoms with van der Waals surface area (Å²) in [5, 5.41) is 5.88. The van der Waals surface area contributed by atoms with Gasteiger partial charge in [0.15, 0.2) is 0 Å². The Kier molecular flexibility index (Phi) is 6.02. The quantitative estimate of drug-likeness (QED) is 0.663. The van der Waals surface area contributed by atoms with Gasteiger partial charge >= 0.3 is 0 Å². The predicted molar refractivity (Wildman–Crippen MR) is 105 cm³/mol. The lowest BCUT2D eigenvalue weighted by Crippen LogP contribution is -2.28. The molecular formula is C21H22N2O2S. The number of nitrogens with one attached hydrogen (secondary N) is 1. The van der Waals surface area contributed by atoms with E-state index in [-0.39, 0.29) is 18.4 Å². The van der Waals surface area contributed by atoms with E-state index in [1.807, 2.05) is 73.8 Å². The summed E-state index contributed by atoms with van der Waals surface area (Å²) in [6.07, 6.45) is 0.282. The Balaban J connectivity index is 1.60. The van der Waals surface area contributed by atoms with Gasteiger partial charge in [0, 0.05) is 10.9 Å². The largest absolute Gasteiger partial charge is 0.494 e. The van der Waals surface area contributed by atoms with Crippen molar-refractivity contribution in [3.63, 3.8) is 0 Å².